The van der Waals surface area contributed by atoms with Crippen LogP contribution in [0.3, 0.4) is 0 Å². The van der Waals surface area contributed by atoms with Crippen molar-refractivity contribution in [2.24, 2.45) is 0 Å². The molecule has 2 unspecified atom stereocenters. The molecule has 2 N–H and O–H groups in total. The highest BCUT2D eigenvalue weighted by Crippen LogP contribution is 2.39. The molecule has 1 rings (SSSR count). The highest BCUT2D eigenvalue weighted by molar-refractivity contribution is 8.77. The molecule has 1 fully saturated rings. The smallest absolute Gasteiger partial charge is 0.246 e. The Balaban J connectivity index is 2.12. The van der Waals surface area contributed by atoms with Crippen LogP contribution in [-0.2, 0) is 14.3 Å². The lowest BCUT2D eigenvalue weighted by Gasteiger charge is -2.28. The number of hydrogen-bond donors (Lipinski definition) is 2. The van der Waals surface area contributed by atoms with Crippen LogP contribution in [0, 0.1) is 0 Å². The molecule has 5 nitrogen and oxygen atoms in total. The van der Waals surface area contributed by atoms with Crippen LogP contribution in [0.15, 0.2) is 12.2 Å². The second-order valence-corrected chi connectivity index (χ2v) is 10.7. The summed E-state index contributed by atoms with van der Waals surface area (Å²) in [7, 11) is 3.97. The fourth-order valence-corrected chi connectivity index (χ4v) is 5.70. The van der Waals surface area contributed by atoms with Crippen molar-refractivity contribution in [1.29, 1.82) is 0 Å². The van der Waals surface area contributed by atoms with E-state index in [9.17, 15) is 9.59 Å². The van der Waals surface area contributed by atoms with Crippen molar-refractivity contribution in [3.63, 3.8) is 0 Å². The van der Waals surface area contributed by atoms with Gasteiger partial charge in [-0.15, -0.1) is 0 Å². The summed E-state index contributed by atoms with van der Waals surface area (Å²) in [5, 5.41) is 6.66. The first kappa shape index (κ1) is 24.4. The second-order valence-electron chi connectivity index (χ2n) is 7.95. The Morgan fingerprint density at radius 1 is 1.33 bits per heavy atom. The van der Waals surface area contributed by atoms with Crippen molar-refractivity contribution in [2.75, 3.05) is 18.9 Å². The number of amides is 2. The molecule has 1 saturated heterocycles. The first-order valence-corrected chi connectivity index (χ1v) is 12.2. The summed E-state index contributed by atoms with van der Waals surface area (Å²) < 4.78 is 5.85. The standard InChI is InChI=1S/C20H36N2O3S2/c1-15(2)19(24)21-12-10-16(3)25-14-20(4,5)22-18(23)9-7-6-8-17-11-13-26-27-17/h16-17H,1,6-14H2,2-5H3,(H,21,24)(H,22,23). The molecule has 0 aromatic heterocycles. The summed E-state index contributed by atoms with van der Waals surface area (Å²) >= 11 is 0. The molecule has 27 heavy (non-hydrogen) atoms. The lowest BCUT2D eigenvalue weighted by Crippen LogP contribution is -2.47. The molecule has 0 spiro atoms. The molecule has 0 saturated carbocycles. The molecule has 0 aromatic carbocycles. The second kappa shape index (κ2) is 12.7. The van der Waals surface area contributed by atoms with Crippen molar-refractivity contribution in [3.05, 3.63) is 12.2 Å². The molecular formula is C20H36N2O3S2. The largest absolute Gasteiger partial charge is 0.376 e. The van der Waals surface area contributed by atoms with Gasteiger partial charge in [0.15, 0.2) is 0 Å². The average molecular weight is 417 g/mol. The van der Waals surface area contributed by atoms with E-state index in [1.54, 1.807) is 6.92 Å². The van der Waals surface area contributed by atoms with E-state index >= 15 is 0 Å². The Hall–Kier alpha value is -0.660. The minimum Gasteiger partial charge on any atom is -0.376 e. The summed E-state index contributed by atoms with van der Waals surface area (Å²) in [5.41, 5.74) is 0.109. The quantitative estimate of drug-likeness (QED) is 0.269. The highest BCUT2D eigenvalue weighted by Gasteiger charge is 2.22. The van der Waals surface area contributed by atoms with Crippen molar-refractivity contribution in [1.82, 2.24) is 10.6 Å². The minimum absolute atomic E-state index is 0.00776. The van der Waals surface area contributed by atoms with Crippen LogP contribution < -0.4 is 10.6 Å². The first-order chi connectivity index (χ1) is 12.7. The number of hydrogen-bond acceptors (Lipinski definition) is 5. The van der Waals surface area contributed by atoms with Gasteiger partial charge in [-0.1, -0.05) is 34.6 Å². The molecule has 0 aromatic rings. The monoisotopic (exact) mass is 416 g/mol. The third-order valence-corrected chi connectivity index (χ3v) is 7.34. The van der Waals surface area contributed by atoms with Gasteiger partial charge >= 0.3 is 0 Å². The number of carbonyl (C=O) groups excluding carboxylic acids is 2. The fraction of sp³-hybridized carbons (Fsp3) is 0.800. The van der Waals surface area contributed by atoms with E-state index in [1.165, 1.54) is 18.6 Å². The summed E-state index contributed by atoms with van der Waals surface area (Å²) in [6, 6.07) is 0. The van der Waals surface area contributed by atoms with Gasteiger partial charge in [0.2, 0.25) is 11.8 Å². The predicted molar refractivity (Wildman–Crippen MR) is 117 cm³/mol. The molecule has 1 aliphatic rings. The molecule has 0 bridgehead atoms. The van der Waals surface area contributed by atoms with Gasteiger partial charge in [-0.05, 0) is 53.4 Å². The minimum atomic E-state index is -0.399. The van der Waals surface area contributed by atoms with E-state index in [-0.39, 0.29) is 17.9 Å². The van der Waals surface area contributed by atoms with Crippen LogP contribution in [-0.4, -0.2) is 47.6 Å². The van der Waals surface area contributed by atoms with Crippen LogP contribution >= 0.6 is 21.6 Å². The van der Waals surface area contributed by atoms with Crippen molar-refractivity contribution >= 4 is 33.4 Å². The van der Waals surface area contributed by atoms with Gasteiger partial charge in [0.05, 0.1) is 18.2 Å². The maximum absolute atomic E-state index is 12.2. The summed E-state index contributed by atoms with van der Waals surface area (Å²) in [6.07, 6.45) is 5.90. The van der Waals surface area contributed by atoms with Gasteiger partial charge in [-0.25, -0.2) is 0 Å². The van der Waals surface area contributed by atoms with Gasteiger partial charge in [-0.3, -0.25) is 9.59 Å². The third kappa shape index (κ3) is 11.7. The number of carbonyl (C=O) groups is 2. The number of ether oxygens (including phenoxy) is 1. The Morgan fingerprint density at radius 2 is 2.07 bits per heavy atom. The van der Waals surface area contributed by atoms with E-state index in [4.69, 9.17) is 4.74 Å². The molecule has 7 heteroatoms. The van der Waals surface area contributed by atoms with E-state index in [0.29, 0.717) is 25.1 Å². The molecule has 1 heterocycles. The van der Waals surface area contributed by atoms with Crippen LogP contribution in [0.4, 0.5) is 0 Å². The average Bonchev–Trinajstić information content (AvgIpc) is 3.10. The van der Waals surface area contributed by atoms with E-state index in [1.807, 2.05) is 42.4 Å². The zero-order chi connectivity index (χ0) is 20.3. The van der Waals surface area contributed by atoms with Gasteiger partial charge < -0.3 is 15.4 Å². The lowest BCUT2D eigenvalue weighted by atomic mass is 10.1. The number of unbranched alkanes of at least 4 members (excludes halogenated alkanes) is 1. The maximum atomic E-state index is 12.2. The molecule has 0 radical (unpaired) electrons. The number of rotatable bonds is 13. The summed E-state index contributed by atoms with van der Waals surface area (Å²) in [6.45, 7) is 12.2. The van der Waals surface area contributed by atoms with Crippen LogP contribution in [0.5, 0.6) is 0 Å². The number of nitrogens with one attached hydrogen (secondary N) is 2. The third-order valence-electron chi connectivity index (χ3n) is 4.34. The lowest BCUT2D eigenvalue weighted by molar-refractivity contribution is -0.124. The van der Waals surface area contributed by atoms with E-state index in [0.717, 1.165) is 24.5 Å². The zero-order valence-corrected chi connectivity index (χ0v) is 18.9. The first-order valence-electron chi connectivity index (χ1n) is 9.84. The fourth-order valence-electron chi connectivity index (χ4n) is 2.67. The Morgan fingerprint density at radius 3 is 2.70 bits per heavy atom. The van der Waals surface area contributed by atoms with Gasteiger partial charge in [0, 0.05) is 29.5 Å². The zero-order valence-electron chi connectivity index (χ0n) is 17.3. The SMILES string of the molecule is C=C(C)C(=O)NCCC(C)OCC(C)(C)NC(=O)CCCCC1CCSS1. The van der Waals surface area contributed by atoms with Crippen LogP contribution in [0.25, 0.3) is 0 Å². The van der Waals surface area contributed by atoms with Crippen LogP contribution in [0.2, 0.25) is 0 Å². The summed E-state index contributed by atoms with van der Waals surface area (Å²) in [4.78, 5) is 23.6. The van der Waals surface area contributed by atoms with Crippen molar-refractivity contribution in [3.8, 4) is 0 Å². The molecule has 0 aliphatic carbocycles. The highest BCUT2D eigenvalue weighted by atomic mass is 33.1. The van der Waals surface area contributed by atoms with Gasteiger partial charge in [0.1, 0.15) is 0 Å². The maximum Gasteiger partial charge on any atom is 0.246 e. The normalized spacial score (nSPS) is 18.1. The van der Waals surface area contributed by atoms with Gasteiger partial charge in [-0.2, -0.15) is 0 Å². The van der Waals surface area contributed by atoms with Gasteiger partial charge in [0.25, 0.3) is 0 Å². The Bertz CT molecular complexity index is 492. The summed E-state index contributed by atoms with van der Waals surface area (Å²) in [5.74, 6) is 1.24. The van der Waals surface area contributed by atoms with Crippen LogP contribution in [0.1, 0.15) is 66.2 Å². The predicted octanol–water partition coefficient (Wildman–Crippen LogP) is 4.08. The molecular weight excluding hydrogens is 380 g/mol. The molecule has 156 valence electrons. The Kier molecular flexibility index (Phi) is 11.5. The van der Waals surface area contributed by atoms with Crippen molar-refractivity contribution < 1.29 is 14.3 Å². The van der Waals surface area contributed by atoms with Crippen molar-refractivity contribution in [2.45, 2.75) is 83.1 Å². The molecule has 2 atom stereocenters. The Labute approximate surface area is 172 Å². The topological polar surface area (TPSA) is 67.4 Å². The van der Waals surface area contributed by atoms with E-state index in [2.05, 4.69) is 17.2 Å². The molecule has 1 aliphatic heterocycles. The van der Waals surface area contributed by atoms with E-state index < -0.39 is 5.54 Å². The molecule has 2 amide bonds.